The molecule has 0 radical (unpaired) electrons. The fraction of sp³-hybridized carbons (Fsp3) is 0.231. The molecule has 2 rings (SSSR count). The molecular weight excluding hydrogens is 264 g/mol. The van der Waals surface area contributed by atoms with E-state index in [9.17, 15) is 15.0 Å². The van der Waals surface area contributed by atoms with Crippen LogP contribution in [0.15, 0.2) is 29.4 Å². The SMILES string of the molecule is CSc1nc(C(=O)O)c(Cc2ccccc2O)n1C. The molecule has 5 nitrogen and oxygen atoms in total. The zero-order valence-electron chi connectivity index (χ0n) is 10.6. The molecule has 1 heterocycles. The summed E-state index contributed by atoms with van der Waals surface area (Å²) in [5, 5.41) is 19.6. The number of nitrogens with zero attached hydrogens (tertiary/aromatic N) is 2. The average Bonchev–Trinajstić information content (AvgIpc) is 2.69. The first-order valence-corrected chi connectivity index (χ1v) is 6.86. The molecule has 0 atom stereocenters. The maximum absolute atomic E-state index is 11.2. The lowest BCUT2D eigenvalue weighted by atomic mass is 10.1. The third-order valence-electron chi connectivity index (χ3n) is 2.91. The molecule has 0 saturated carbocycles. The van der Waals surface area contributed by atoms with Crippen LogP contribution in [-0.2, 0) is 13.5 Å². The van der Waals surface area contributed by atoms with Gasteiger partial charge in [-0.2, -0.15) is 0 Å². The summed E-state index contributed by atoms with van der Waals surface area (Å²) in [5.74, 6) is -0.896. The Hall–Kier alpha value is -1.95. The number of thioether (sulfide) groups is 1. The van der Waals surface area contributed by atoms with Gasteiger partial charge in [0.1, 0.15) is 5.75 Å². The van der Waals surface area contributed by atoms with Gasteiger partial charge in [0.2, 0.25) is 0 Å². The number of phenolic OH excluding ortho intramolecular Hbond substituents is 1. The van der Waals surface area contributed by atoms with Gasteiger partial charge in [0.25, 0.3) is 0 Å². The Labute approximate surface area is 114 Å². The number of benzene rings is 1. The minimum atomic E-state index is -1.05. The van der Waals surface area contributed by atoms with Crippen LogP contribution in [0.1, 0.15) is 21.7 Å². The highest BCUT2D eigenvalue weighted by atomic mass is 32.2. The minimum Gasteiger partial charge on any atom is -0.508 e. The molecule has 0 aliphatic rings. The number of aromatic carboxylic acids is 1. The number of rotatable bonds is 4. The molecule has 0 saturated heterocycles. The number of para-hydroxylation sites is 1. The smallest absolute Gasteiger partial charge is 0.356 e. The van der Waals surface area contributed by atoms with Gasteiger partial charge in [-0.1, -0.05) is 30.0 Å². The van der Waals surface area contributed by atoms with E-state index < -0.39 is 5.97 Å². The quantitative estimate of drug-likeness (QED) is 0.838. The van der Waals surface area contributed by atoms with E-state index in [2.05, 4.69) is 4.98 Å². The fourth-order valence-corrected chi connectivity index (χ4v) is 2.47. The minimum absolute atomic E-state index is 0.0371. The van der Waals surface area contributed by atoms with Crippen LogP contribution in [-0.4, -0.2) is 32.0 Å². The largest absolute Gasteiger partial charge is 0.508 e. The second-order valence-corrected chi connectivity index (χ2v) is 4.84. The van der Waals surface area contributed by atoms with Crippen LogP contribution < -0.4 is 0 Å². The molecule has 0 spiro atoms. The molecule has 0 aliphatic heterocycles. The van der Waals surface area contributed by atoms with Gasteiger partial charge in [0.05, 0.1) is 5.69 Å². The number of carboxylic acid groups (broad SMARTS) is 1. The summed E-state index contributed by atoms with van der Waals surface area (Å²) < 4.78 is 1.75. The van der Waals surface area contributed by atoms with E-state index in [0.717, 1.165) is 0 Å². The fourth-order valence-electron chi connectivity index (χ4n) is 1.91. The van der Waals surface area contributed by atoms with E-state index >= 15 is 0 Å². The summed E-state index contributed by atoms with van der Waals surface area (Å²) in [6.07, 6.45) is 2.18. The molecular formula is C13H14N2O3S. The van der Waals surface area contributed by atoms with Crippen molar-refractivity contribution in [2.24, 2.45) is 7.05 Å². The van der Waals surface area contributed by atoms with Gasteiger partial charge in [0, 0.05) is 13.5 Å². The van der Waals surface area contributed by atoms with Crippen LogP contribution in [0.25, 0.3) is 0 Å². The summed E-state index contributed by atoms with van der Waals surface area (Å²) in [5.41, 5.74) is 1.30. The summed E-state index contributed by atoms with van der Waals surface area (Å²) in [4.78, 5) is 15.3. The predicted molar refractivity (Wildman–Crippen MR) is 72.9 cm³/mol. The highest BCUT2D eigenvalue weighted by Crippen LogP contribution is 2.24. The second-order valence-electron chi connectivity index (χ2n) is 4.06. The number of carboxylic acids is 1. The zero-order chi connectivity index (χ0) is 14.0. The van der Waals surface area contributed by atoms with Crippen molar-refractivity contribution in [1.29, 1.82) is 0 Å². The average molecular weight is 278 g/mol. The zero-order valence-corrected chi connectivity index (χ0v) is 11.4. The van der Waals surface area contributed by atoms with Crippen molar-refractivity contribution >= 4 is 17.7 Å². The monoisotopic (exact) mass is 278 g/mol. The van der Waals surface area contributed by atoms with Crippen molar-refractivity contribution < 1.29 is 15.0 Å². The Morgan fingerprint density at radius 1 is 1.42 bits per heavy atom. The Bertz CT molecular complexity index is 622. The Morgan fingerprint density at radius 3 is 2.68 bits per heavy atom. The van der Waals surface area contributed by atoms with Crippen molar-refractivity contribution in [2.75, 3.05) is 6.26 Å². The van der Waals surface area contributed by atoms with Crippen LogP contribution in [0.3, 0.4) is 0 Å². The summed E-state index contributed by atoms with van der Waals surface area (Å²) in [6, 6.07) is 6.89. The van der Waals surface area contributed by atoms with Gasteiger partial charge in [0.15, 0.2) is 10.9 Å². The van der Waals surface area contributed by atoms with Gasteiger partial charge in [-0.25, -0.2) is 9.78 Å². The highest BCUT2D eigenvalue weighted by Gasteiger charge is 2.20. The van der Waals surface area contributed by atoms with Gasteiger partial charge in [-0.3, -0.25) is 0 Å². The Morgan fingerprint density at radius 2 is 2.11 bits per heavy atom. The second kappa shape index (κ2) is 5.36. The van der Waals surface area contributed by atoms with Gasteiger partial charge in [-0.05, 0) is 17.9 Å². The van der Waals surface area contributed by atoms with Gasteiger partial charge >= 0.3 is 5.97 Å². The van der Waals surface area contributed by atoms with E-state index in [1.165, 1.54) is 11.8 Å². The van der Waals surface area contributed by atoms with Crippen LogP contribution in [0.5, 0.6) is 5.75 Å². The van der Waals surface area contributed by atoms with E-state index in [1.54, 1.807) is 35.9 Å². The molecule has 1 aromatic heterocycles. The van der Waals surface area contributed by atoms with Crippen molar-refractivity contribution in [3.63, 3.8) is 0 Å². The van der Waals surface area contributed by atoms with Crippen molar-refractivity contribution in [3.8, 4) is 5.75 Å². The molecule has 0 bridgehead atoms. The van der Waals surface area contributed by atoms with Crippen molar-refractivity contribution in [1.82, 2.24) is 9.55 Å². The third kappa shape index (κ3) is 2.58. The van der Waals surface area contributed by atoms with Crippen LogP contribution in [0.2, 0.25) is 0 Å². The molecule has 19 heavy (non-hydrogen) atoms. The Kier molecular flexibility index (Phi) is 3.80. The maximum atomic E-state index is 11.2. The van der Waals surface area contributed by atoms with Crippen LogP contribution in [0.4, 0.5) is 0 Å². The van der Waals surface area contributed by atoms with Gasteiger partial charge in [-0.15, -0.1) is 0 Å². The standard InChI is InChI=1S/C13H14N2O3S/c1-15-9(7-8-5-3-4-6-10(8)16)11(12(17)18)14-13(15)19-2/h3-6,16H,7H2,1-2H3,(H,17,18). The molecule has 2 aromatic rings. The molecule has 0 amide bonds. The van der Waals surface area contributed by atoms with Crippen LogP contribution >= 0.6 is 11.8 Å². The lowest BCUT2D eigenvalue weighted by Gasteiger charge is -2.07. The number of phenols is 1. The molecule has 2 N–H and O–H groups in total. The normalized spacial score (nSPS) is 10.6. The first-order valence-electron chi connectivity index (χ1n) is 5.64. The topological polar surface area (TPSA) is 75.3 Å². The number of aromatic nitrogens is 2. The Balaban J connectivity index is 2.47. The number of aromatic hydroxyl groups is 1. The molecule has 0 unspecified atom stereocenters. The number of hydrogen-bond donors (Lipinski definition) is 2. The molecule has 100 valence electrons. The summed E-state index contributed by atoms with van der Waals surface area (Å²) >= 11 is 1.39. The number of carbonyl (C=O) groups is 1. The lowest BCUT2D eigenvalue weighted by Crippen LogP contribution is -2.06. The van der Waals surface area contributed by atoms with Gasteiger partial charge < -0.3 is 14.8 Å². The molecule has 0 fully saturated rings. The molecule has 6 heteroatoms. The van der Waals surface area contributed by atoms with Crippen molar-refractivity contribution in [3.05, 3.63) is 41.2 Å². The maximum Gasteiger partial charge on any atom is 0.356 e. The number of hydrogen-bond acceptors (Lipinski definition) is 4. The van der Waals surface area contributed by atoms with Crippen LogP contribution in [0, 0.1) is 0 Å². The van der Waals surface area contributed by atoms with E-state index in [0.29, 0.717) is 22.8 Å². The van der Waals surface area contributed by atoms with Crippen molar-refractivity contribution in [2.45, 2.75) is 11.6 Å². The predicted octanol–water partition coefficient (Wildman–Crippen LogP) is 2.14. The molecule has 1 aromatic carbocycles. The highest BCUT2D eigenvalue weighted by molar-refractivity contribution is 7.98. The first-order chi connectivity index (χ1) is 9.04. The lowest BCUT2D eigenvalue weighted by molar-refractivity contribution is 0.0689. The van der Waals surface area contributed by atoms with E-state index in [-0.39, 0.29) is 11.4 Å². The molecule has 0 aliphatic carbocycles. The van der Waals surface area contributed by atoms with E-state index in [1.807, 2.05) is 6.26 Å². The third-order valence-corrected chi connectivity index (χ3v) is 3.64. The first kappa shape index (κ1) is 13.5. The summed E-state index contributed by atoms with van der Waals surface area (Å²) in [6.45, 7) is 0. The summed E-state index contributed by atoms with van der Waals surface area (Å²) in [7, 11) is 1.78. The van der Waals surface area contributed by atoms with E-state index in [4.69, 9.17) is 0 Å². The number of imidazole rings is 1.